The van der Waals surface area contributed by atoms with Crippen molar-refractivity contribution in [1.29, 1.82) is 0 Å². The SMILES string of the molecule is CCOc1nc([C@H](CS(C)(=O)=O)n2c(=O)[nH]c3cc(-c4ccccn4)ccc32)ccc1OC. The summed E-state index contributed by atoms with van der Waals surface area (Å²) in [4.78, 5) is 24.7. The van der Waals surface area contributed by atoms with Crippen LogP contribution in [0.2, 0.25) is 0 Å². The molecule has 1 aromatic carbocycles. The lowest BCUT2D eigenvalue weighted by molar-refractivity contribution is 0.296. The molecule has 0 aliphatic heterocycles. The third-order valence-corrected chi connectivity index (χ3v) is 6.06. The van der Waals surface area contributed by atoms with E-state index in [1.807, 2.05) is 37.3 Å². The molecule has 0 aliphatic rings. The summed E-state index contributed by atoms with van der Waals surface area (Å²) >= 11 is 0. The first-order valence-corrected chi connectivity index (χ1v) is 12.4. The van der Waals surface area contributed by atoms with Gasteiger partial charge in [0.15, 0.2) is 5.75 Å². The number of fused-ring (bicyclic) bond motifs is 1. The summed E-state index contributed by atoms with van der Waals surface area (Å²) in [6.07, 6.45) is 2.83. The van der Waals surface area contributed by atoms with Crippen molar-refractivity contribution in [2.75, 3.05) is 25.7 Å². The molecule has 1 N–H and O–H groups in total. The Labute approximate surface area is 191 Å². The topological polar surface area (TPSA) is 116 Å². The zero-order chi connectivity index (χ0) is 23.6. The molecule has 0 bridgehead atoms. The molecule has 3 aromatic heterocycles. The molecule has 9 nitrogen and oxygen atoms in total. The molecule has 0 saturated carbocycles. The first-order valence-electron chi connectivity index (χ1n) is 10.3. The summed E-state index contributed by atoms with van der Waals surface area (Å²) < 4.78 is 36.9. The van der Waals surface area contributed by atoms with Gasteiger partial charge in [-0.1, -0.05) is 12.1 Å². The van der Waals surface area contributed by atoms with Crippen molar-refractivity contribution in [2.24, 2.45) is 0 Å². The molecule has 3 heterocycles. The minimum Gasteiger partial charge on any atom is -0.491 e. The molecule has 1 atom stereocenters. The number of hydrogen-bond acceptors (Lipinski definition) is 7. The van der Waals surface area contributed by atoms with Gasteiger partial charge in [-0.3, -0.25) is 9.55 Å². The summed E-state index contributed by atoms with van der Waals surface area (Å²) in [5, 5.41) is 0. The molecule has 4 rings (SSSR count). The summed E-state index contributed by atoms with van der Waals surface area (Å²) in [6, 6.07) is 13.5. The van der Waals surface area contributed by atoms with Gasteiger partial charge in [0.2, 0.25) is 0 Å². The van der Waals surface area contributed by atoms with E-state index in [9.17, 15) is 13.2 Å². The maximum absolute atomic E-state index is 13.0. The number of sulfone groups is 1. The summed E-state index contributed by atoms with van der Waals surface area (Å²) in [6.45, 7) is 2.16. The minimum absolute atomic E-state index is 0.237. The van der Waals surface area contributed by atoms with Gasteiger partial charge in [-0.25, -0.2) is 18.2 Å². The van der Waals surface area contributed by atoms with Gasteiger partial charge < -0.3 is 14.5 Å². The summed E-state index contributed by atoms with van der Waals surface area (Å²) in [5.74, 6) is 0.346. The number of aromatic nitrogens is 4. The fourth-order valence-corrected chi connectivity index (χ4v) is 4.63. The Balaban J connectivity index is 1.88. The maximum Gasteiger partial charge on any atom is 0.327 e. The number of imidazole rings is 1. The van der Waals surface area contributed by atoms with Crippen LogP contribution in [-0.4, -0.2) is 53.7 Å². The highest BCUT2D eigenvalue weighted by Crippen LogP contribution is 2.30. The van der Waals surface area contributed by atoms with Crippen LogP contribution < -0.4 is 15.2 Å². The smallest absolute Gasteiger partial charge is 0.327 e. The van der Waals surface area contributed by atoms with Crippen molar-refractivity contribution in [1.82, 2.24) is 19.5 Å². The minimum atomic E-state index is -3.47. The number of ether oxygens (including phenoxy) is 2. The molecule has 4 aromatic rings. The van der Waals surface area contributed by atoms with Gasteiger partial charge in [0, 0.05) is 18.0 Å². The van der Waals surface area contributed by atoms with Crippen LogP contribution >= 0.6 is 0 Å². The van der Waals surface area contributed by atoms with Crippen LogP contribution in [0, 0.1) is 0 Å². The molecule has 0 spiro atoms. The van der Waals surface area contributed by atoms with Crippen LogP contribution in [0.3, 0.4) is 0 Å². The number of nitrogens with zero attached hydrogens (tertiary/aromatic N) is 3. The molecule has 0 aliphatic carbocycles. The molecule has 0 amide bonds. The number of nitrogens with one attached hydrogen (secondary N) is 1. The lowest BCUT2D eigenvalue weighted by Crippen LogP contribution is -2.29. The van der Waals surface area contributed by atoms with Gasteiger partial charge in [0.1, 0.15) is 9.84 Å². The second kappa shape index (κ2) is 9.07. The van der Waals surface area contributed by atoms with Crippen molar-refractivity contribution in [3.63, 3.8) is 0 Å². The number of methoxy groups -OCH3 is 1. The van der Waals surface area contributed by atoms with E-state index < -0.39 is 21.6 Å². The number of pyridine rings is 2. The molecular weight excluding hydrogens is 444 g/mol. The van der Waals surface area contributed by atoms with Gasteiger partial charge in [0.25, 0.3) is 5.88 Å². The Morgan fingerprint density at radius 3 is 2.64 bits per heavy atom. The van der Waals surface area contributed by atoms with Gasteiger partial charge in [0.05, 0.1) is 47.9 Å². The van der Waals surface area contributed by atoms with E-state index in [4.69, 9.17) is 9.47 Å². The highest BCUT2D eigenvalue weighted by Gasteiger charge is 2.26. The standard InChI is InChI=1S/C23H24N4O5S/c1-4-32-22-21(31-2)11-9-17(25-22)20(14-33(3,29)30)27-19-10-8-15(13-18(19)26-23(27)28)16-7-5-6-12-24-16/h5-13,20H,4,14H2,1-3H3,(H,26,28)/t20-/m0/s1. The van der Waals surface area contributed by atoms with Crippen LogP contribution in [0.4, 0.5) is 0 Å². The number of hydrogen-bond donors (Lipinski definition) is 1. The van der Waals surface area contributed by atoms with Gasteiger partial charge >= 0.3 is 5.69 Å². The van der Waals surface area contributed by atoms with Crippen molar-refractivity contribution in [3.8, 4) is 22.9 Å². The van der Waals surface area contributed by atoms with Crippen molar-refractivity contribution in [2.45, 2.75) is 13.0 Å². The van der Waals surface area contributed by atoms with Crippen molar-refractivity contribution in [3.05, 3.63) is 70.9 Å². The van der Waals surface area contributed by atoms with Gasteiger partial charge in [-0.15, -0.1) is 0 Å². The average Bonchev–Trinajstić information content (AvgIpc) is 3.12. The van der Waals surface area contributed by atoms with Crippen LogP contribution in [0.1, 0.15) is 18.7 Å². The largest absolute Gasteiger partial charge is 0.491 e. The Kier molecular flexibility index (Phi) is 6.19. The van der Waals surface area contributed by atoms with E-state index >= 15 is 0 Å². The van der Waals surface area contributed by atoms with Gasteiger partial charge in [-0.05, 0) is 43.3 Å². The lowest BCUT2D eigenvalue weighted by Gasteiger charge is -2.19. The van der Waals surface area contributed by atoms with Crippen LogP contribution in [-0.2, 0) is 9.84 Å². The van der Waals surface area contributed by atoms with E-state index in [-0.39, 0.29) is 11.6 Å². The maximum atomic E-state index is 13.0. The second-order valence-electron chi connectivity index (χ2n) is 7.53. The number of aromatic amines is 1. The molecule has 10 heteroatoms. The van der Waals surface area contributed by atoms with Crippen molar-refractivity contribution >= 4 is 20.9 Å². The zero-order valence-electron chi connectivity index (χ0n) is 18.5. The third kappa shape index (κ3) is 4.75. The fourth-order valence-electron chi connectivity index (χ4n) is 3.74. The monoisotopic (exact) mass is 468 g/mol. The number of benzene rings is 1. The summed E-state index contributed by atoms with van der Waals surface area (Å²) in [5.41, 5.74) is 2.66. The van der Waals surface area contributed by atoms with Crippen LogP contribution in [0.25, 0.3) is 22.3 Å². The fraction of sp³-hybridized carbons (Fsp3) is 0.261. The lowest BCUT2D eigenvalue weighted by atomic mass is 10.1. The molecular formula is C23H24N4O5S. The van der Waals surface area contributed by atoms with Crippen LogP contribution in [0.5, 0.6) is 11.6 Å². The van der Waals surface area contributed by atoms with E-state index in [0.29, 0.717) is 29.1 Å². The highest BCUT2D eigenvalue weighted by molar-refractivity contribution is 7.90. The predicted octanol–water partition coefficient (Wildman–Crippen LogP) is 2.83. The molecule has 0 saturated heterocycles. The first-order chi connectivity index (χ1) is 15.8. The zero-order valence-corrected chi connectivity index (χ0v) is 19.3. The molecule has 33 heavy (non-hydrogen) atoms. The Morgan fingerprint density at radius 1 is 1.15 bits per heavy atom. The van der Waals surface area contributed by atoms with E-state index in [1.54, 1.807) is 24.4 Å². The Bertz CT molecular complexity index is 1440. The Hall–Kier alpha value is -3.66. The van der Waals surface area contributed by atoms with Gasteiger partial charge in [-0.2, -0.15) is 0 Å². The molecule has 0 unspecified atom stereocenters. The van der Waals surface area contributed by atoms with E-state index in [1.165, 1.54) is 11.7 Å². The second-order valence-corrected chi connectivity index (χ2v) is 9.72. The first kappa shape index (κ1) is 22.5. The Morgan fingerprint density at radius 2 is 1.97 bits per heavy atom. The molecule has 0 fully saturated rings. The quantitative estimate of drug-likeness (QED) is 0.423. The predicted molar refractivity (Wildman–Crippen MR) is 126 cm³/mol. The average molecular weight is 469 g/mol. The highest BCUT2D eigenvalue weighted by atomic mass is 32.2. The third-order valence-electron chi connectivity index (χ3n) is 5.14. The number of H-pyrrole nitrogens is 1. The summed E-state index contributed by atoms with van der Waals surface area (Å²) in [7, 11) is -1.97. The van der Waals surface area contributed by atoms with E-state index in [0.717, 1.165) is 17.5 Å². The molecule has 0 radical (unpaired) electrons. The van der Waals surface area contributed by atoms with Crippen LogP contribution in [0.15, 0.2) is 59.5 Å². The normalized spacial score (nSPS) is 12.6. The van der Waals surface area contributed by atoms with E-state index in [2.05, 4.69) is 15.0 Å². The number of rotatable bonds is 8. The molecule has 172 valence electrons. The van der Waals surface area contributed by atoms with Crippen molar-refractivity contribution < 1.29 is 17.9 Å².